The Bertz CT molecular complexity index is 305. The van der Waals surface area contributed by atoms with E-state index in [2.05, 4.69) is 26.1 Å². The first-order valence-corrected chi connectivity index (χ1v) is 7.14. The van der Waals surface area contributed by atoms with Gasteiger partial charge >= 0.3 is 5.97 Å². The van der Waals surface area contributed by atoms with Crippen molar-refractivity contribution in [2.75, 3.05) is 13.1 Å². The summed E-state index contributed by atoms with van der Waals surface area (Å²) in [7, 11) is 0. The number of nitrogens with zero attached hydrogens (tertiary/aromatic N) is 1. The Hall–Kier alpha value is -1.63. The van der Waals surface area contributed by atoms with Gasteiger partial charge in [0.25, 0.3) is 0 Å². The average Bonchev–Trinajstić information content (AvgIpc) is 2.39. The molecular formula is C14H28N2O5. The van der Waals surface area contributed by atoms with E-state index in [0.717, 1.165) is 18.8 Å². The first-order valence-electron chi connectivity index (χ1n) is 7.14. The summed E-state index contributed by atoms with van der Waals surface area (Å²) in [6.45, 7) is 7.85. The molecule has 0 aliphatic heterocycles. The fourth-order valence-electron chi connectivity index (χ4n) is 1.33. The Morgan fingerprint density at radius 3 is 2.19 bits per heavy atom. The minimum absolute atomic E-state index is 0.130. The lowest BCUT2D eigenvalue weighted by Gasteiger charge is -2.18. The number of hydrogen-bond donors (Lipinski definition) is 3. The molecular weight excluding hydrogens is 276 g/mol. The number of aliphatic carboxylic acids is 1. The van der Waals surface area contributed by atoms with Crippen molar-refractivity contribution in [2.45, 2.75) is 47.0 Å². The summed E-state index contributed by atoms with van der Waals surface area (Å²) in [6.07, 6.45) is 2.34. The molecule has 0 aromatic carbocycles. The summed E-state index contributed by atoms with van der Waals surface area (Å²) < 4.78 is 0. The van der Waals surface area contributed by atoms with Crippen molar-refractivity contribution >= 4 is 18.3 Å². The van der Waals surface area contributed by atoms with Gasteiger partial charge in [-0.25, -0.2) is 5.06 Å². The van der Waals surface area contributed by atoms with Crippen LogP contribution in [0.4, 0.5) is 0 Å². The van der Waals surface area contributed by atoms with E-state index in [0.29, 0.717) is 11.5 Å². The first-order chi connectivity index (χ1) is 9.74. The summed E-state index contributed by atoms with van der Waals surface area (Å²) in [6, 6.07) is 0. The fraction of sp³-hybridized carbons (Fsp3) is 0.786. The topological polar surface area (TPSA) is 107 Å². The van der Waals surface area contributed by atoms with E-state index >= 15 is 0 Å². The van der Waals surface area contributed by atoms with Crippen LogP contribution in [0.3, 0.4) is 0 Å². The number of carboxylic acids is 1. The van der Waals surface area contributed by atoms with Gasteiger partial charge in [0.15, 0.2) is 0 Å². The lowest BCUT2D eigenvalue weighted by molar-refractivity contribution is -0.155. The van der Waals surface area contributed by atoms with Crippen LogP contribution in [0.1, 0.15) is 47.0 Å². The number of hydroxylamine groups is 2. The highest BCUT2D eigenvalue weighted by Gasteiger charge is 2.20. The summed E-state index contributed by atoms with van der Waals surface area (Å²) in [4.78, 5) is 32.1. The number of carbonyl (C=O) groups is 3. The van der Waals surface area contributed by atoms with Gasteiger partial charge in [0.2, 0.25) is 12.3 Å². The largest absolute Gasteiger partial charge is 0.480 e. The molecule has 124 valence electrons. The fourth-order valence-corrected chi connectivity index (χ4v) is 1.33. The zero-order valence-electron chi connectivity index (χ0n) is 13.3. The number of amides is 2. The molecule has 0 saturated heterocycles. The minimum atomic E-state index is -1.14. The molecule has 0 radical (unpaired) electrons. The number of carboxylic acid groups (broad SMARTS) is 1. The van der Waals surface area contributed by atoms with Gasteiger partial charge in [-0.2, -0.15) is 0 Å². The predicted molar refractivity (Wildman–Crippen MR) is 78.7 cm³/mol. The summed E-state index contributed by atoms with van der Waals surface area (Å²) in [5.74, 6) is -1.37. The number of rotatable bonds is 9. The minimum Gasteiger partial charge on any atom is -0.480 e. The highest BCUT2D eigenvalue weighted by molar-refractivity contribution is 5.83. The van der Waals surface area contributed by atoms with Gasteiger partial charge in [-0.1, -0.05) is 40.5 Å². The molecule has 0 aliphatic carbocycles. The maximum Gasteiger partial charge on any atom is 0.322 e. The normalized spacial score (nSPS) is 11.1. The van der Waals surface area contributed by atoms with Gasteiger partial charge in [0.05, 0.1) is 12.5 Å². The SMILES string of the molecule is CC(C)C.CCCCC(CN(O)C=O)C(=O)NCC(=O)O. The van der Waals surface area contributed by atoms with Crippen LogP contribution in [-0.2, 0) is 14.4 Å². The number of carbonyl (C=O) groups excluding carboxylic acids is 2. The Kier molecular flexibility index (Phi) is 13.8. The molecule has 0 saturated carbocycles. The van der Waals surface area contributed by atoms with Crippen LogP contribution in [0.5, 0.6) is 0 Å². The molecule has 0 heterocycles. The Balaban J connectivity index is 0. The highest BCUT2D eigenvalue weighted by atomic mass is 16.5. The molecule has 7 nitrogen and oxygen atoms in total. The van der Waals surface area contributed by atoms with Crippen LogP contribution in [0.25, 0.3) is 0 Å². The van der Waals surface area contributed by atoms with Crippen molar-refractivity contribution in [1.82, 2.24) is 10.4 Å². The number of hydrogen-bond acceptors (Lipinski definition) is 4. The highest BCUT2D eigenvalue weighted by Crippen LogP contribution is 2.09. The van der Waals surface area contributed by atoms with E-state index in [1.165, 1.54) is 0 Å². The standard InChI is InChI=1S/C10H18N2O5.C4H10/c1-2-3-4-8(6-12(17)7-13)10(16)11-5-9(14)15;1-4(2)3/h7-8,17H,2-6H2,1H3,(H,11,16)(H,14,15);4H,1-3H3. The lowest BCUT2D eigenvalue weighted by atomic mass is 10.0. The Morgan fingerprint density at radius 2 is 1.81 bits per heavy atom. The van der Waals surface area contributed by atoms with E-state index < -0.39 is 24.3 Å². The molecule has 0 aromatic rings. The third kappa shape index (κ3) is 16.3. The second-order valence-corrected chi connectivity index (χ2v) is 5.41. The predicted octanol–water partition coefficient (Wildman–Crippen LogP) is 1.50. The maximum absolute atomic E-state index is 11.6. The molecule has 0 bridgehead atoms. The maximum atomic E-state index is 11.6. The van der Waals surface area contributed by atoms with E-state index in [1.807, 2.05) is 6.92 Å². The average molecular weight is 304 g/mol. The number of unbranched alkanes of at least 4 members (excludes halogenated alkanes) is 1. The quantitative estimate of drug-likeness (QED) is 0.340. The number of nitrogens with one attached hydrogen (secondary N) is 1. The zero-order chi connectivity index (χ0) is 16.8. The van der Waals surface area contributed by atoms with Crippen LogP contribution in [0.2, 0.25) is 0 Å². The molecule has 0 fully saturated rings. The molecule has 0 aliphatic rings. The Labute approximate surface area is 126 Å². The van der Waals surface area contributed by atoms with Crippen molar-refractivity contribution in [3.63, 3.8) is 0 Å². The van der Waals surface area contributed by atoms with E-state index in [9.17, 15) is 14.4 Å². The Morgan fingerprint density at radius 1 is 1.29 bits per heavy atom. The second kappa shape index (κ2) is 13.4. The van der Waals surface area contributed by atoms with E-state index in [4.69, 9.17) is 10.3 Å². The molecule has 2 amide bonds. The molecule has 0 rings (SSSR count). The summed E-state index contributed by atoms with van der Waals surface area (Å²) in [5.41, 5.74) is 0. The van der Waals surface area contributed by atoms with Gasteiger partial charge in [-0.3, -0.25) is 19.6 Å². The van der Waals surface area contributed by atoms with E-state index in [-0.39, 0.29) is 13.0 Å². The van der Waals surface area contributed by atoms with Crippen LogP contribution in [0.15, 0.2) is 0 Å². The van der Waals surface area contributed by atoms with Gasteiger partial charge in [0.1, 0.15) is 6.54 Å². The van der Waals surface area contributed by atoms with Crippen molar-refractivity contribution in [1.29, 1.82) is 0 Å². The van der Waals surface area contributed by atoms with Crippen molar-refractivity contribution < 1.29 is 24.7 Å². The van der Waals surface area contributed by atoms with Crippen LogP contribution >= 0.6 is 0 Å². The molecule has 21 heavy (non-hydrogen) atoms. The van der Waals surface area contributed by atoms with Gasteiger partial charge in [-0.15, -0.1) is 0 Å². The third-order valence-corrected chi connectivity index (χ3v) is 2.22. The summed E-state index contributed by atoms with van der Waals surface area (Å²) >= 11 is 0. The third-order valence-electron chi connectivity index (χ3n) is 2.22. The zero-order valence-corrected chi connectivity index (χ0v) is 13.3. The van der Waals surface area contributed by atoms with Crippen LogP contribution in [0, 0.1) is 11.8 Å². The second-order valence-electron chi connectivity index (χ2n) is 5.41. The van der Waals surface area contributed by atoms with Crippen molar-refractivity contribution in [2.24, 2.45) is 11.8 Å². The molecule has 0 aromatic heterocycles. The van der Waals surface area contributed by atoms with Crippen LogP contribution < -0.4 is 5.32 Å². The monoisotopic (exact) mass is 304 g/mol. The van der Waals surface area contributed by atoms with Crippen molar-refractivity contribution in [3.05, 3.63) is 0 Å². The molecule has 0 spiro atoms. The molecule has 7 heteroatoms. The van der Waals surface area contributed by atoms with E-state index in [1.54, 1.807) is 0 Å². The first kappa shape index (κ1) is 21.7. The molecule has 1 atom stereocenters. The molecule has 3 N–H and O–H groups in total. The summed E-state index contributed by atoms with van der Waals surface area (Å²) in [5, 5.41) is 20.1. The van der Waals surface area contributed by atoms with Crippen LogP contribution in [-0.4, -0.2) is 46.8 Å². The van der Waals surface area contributed by atoms with Crippen molar-refractivity contribution in [3.8, 4) is 0 Å². The lowest BCUT2D eigenvalue weighted by Crippen LogP contribution is -2.39. The smallest absolute Gasteiger partial charge is 0.322 e. The van der Waals surface area contributed by atoms with Gasteiger partial charge in [0, 0.05) is 0 Å². The van der Waals surface area contributed by atoms with Gasteiger partial charge in [-0.05, 0) is 12.3 Å². The van der Waals surface area contributed by atoms with Gasteiger partial charge < -0.3 is 10.4 Å². The molecule has 1 unspecified atom stereocenters.